The van der Waals surface area contributed by atoms with Crippen molar-refractivity contribution in [3.63, 3.8) is 0 Å². The molecule has 2 aliphatic carbocycles. The zero-order chi connectivity index (χ0) is 15.8. The van der Waals surface area contributed by atoms with E-state index in [1.165, 1.54) is 62.1 Å². The third-order valence-corrected chi connectivity index (χ3v) is 6.25. The van der Waals surface area contributed by atoms with Crippen molar-refractivity contribution in [1.82, 2.24) is 4.90 Å². The molecule has 4 rings (SSSR count). The van der Waals surface area contributed by atoms with E-state index in [1.807, 2.05) is 0 Å². The Morgan fingerprint density at radius 3 is 2.61 bits per heavy atom. The molecule has 2 fully saturated rings. The molecular weight excluding hydrogens is 280 g/mol. The predicted molar refractivity (Wildman–Crippen MR) is 97.8 cm³/mol. The lowest BCUT2D eigenvalue weighted by molar-refractivity contribution is 0.177. The summed E-state index contributed by atoms with van der Waals surface area (Å²) >= 11 is 0. The number of nitrogens with zero attached hydrogens (tertiary/aromatic N) is 1. The molecule has 3 unspecified atom stereocenters. The number of allylic oxidation sites excluding steroid dienone is 2. The second kappa shape index (κ2) is 6.32. The molecule has 1 N–H and O–H groups in total. The van der Waals surface area contributed by atoms with Crippen LogP contribution in [0.15, 0.2) is 30.4 Å². The molecule has 0 radical (unpaired) electrons. The van der Waals surface area contributed by atoms with E-state index in [0.29, 0.717) is 6.04 Å². The van der Waals surface area contributed by atoms with E-state index in [0.717, 1.165) is 17.8 Å². The number of nitrogens with one attached hydrogen (secondary N) is 1. The maximum absolute atomic E-state index is 3.79. The molecule has 0 aromatic heterocycles. The van der Waals surface area contributed by atoms with E-state index in [-0.39, 0.29) is 0 Å². The van der Waals surface area contributed by atoms with E-state index < -0.39 is 0 Å². The lowest BCUT2D eigenvalue weighted by atomic mass is 9.92. The fourth-order valence-electron chi connectivity index (χ4n) is 4.81. The Balaban J connectivity index is 1.27. The number of anilines is 1. The number of rotatable bonds is 4. The van der Waals surface area contributed by atoms with Gasteiger partial charge in [0.1, 0.15) is 0 Å². The van der Waals surface area contributed by atoms with Crippen LogP contribution in [0.4, 0.5) is 5.69 Å². The molecule has 1 aliphatic heterocycles. The van der Waals surface area contributed by atoms with Gasteiger partial charge >= 0.3 is 0 Å². The largest absolute Gasteiger partial charge is 0.382 e. The summed E-state index contributed by atoms with van der Waals surface area (Å²) in [4.78, 5) is 2.72. The zero-order valence-corrected chi connectivity index (χ0v) is 14.6. The highest BCUT2D eigenvalue weighted by Crippen LogP contribution is 2.43. The van der Waals surface area contributed by atoms with Crippen molar-refractivity contribution in [3.8, 4) is 0 Å². The van der Waals surface area contributed by atoms with Gasteiger partial charge in [0, 0.05) is 31.4 Å². The molecule has 1 saturated carbocycles. The van der Waals surface area contributed by atoms with Gasteiger partial charge in [-0.25, -0.2) is 0 Å². The number of fused-ring (bicyclic) bond motifs is 2. The van der Waals surface area contributed by atoms with Crippen LogP contribution in [-0.4, -0.2) is 30.6 Å². The van der Waals surface area contributed by atoms with Crippen molar-refractivity contribution >= 4 is 5.69 Å². The van der Waals surface area contributed by atoms with Crippen molar-refractivity contribution in [2.24, 2.45) is 17.8 Å². The van der Waals surface area contributed by atoms with E-state index >= 15 is 0 Å². The fraction of sp³-hybridized carbons (Fsp3) is 0.619. The van der Waals surface area contributed by atoms with Gasteiger partial charge in [0.25, 0.3) is 0 Å². The van der Waals surface area contributed by atoms with Crippen LogP contribution < -0.4 is 5.32 Å². The summed E-state index contributed by atoms with van der Waals surface area (Å²) in [5.41, 5.74) is 4.05. The smallest absolute Gasteiger partial charge is 0.0374 e. The molecule has 2 bridgehead atoms. The summed E-state index contributed by atoms with van der Waals surface area (Å²) in [5.74, 6) is 2.74. The van der Waals surface area contributed by atoms with Gasteiger partial charge in [-0.2, -0.15) is 0 Å². The first kappa shape index (κ1) is 15.3. The van der Waals surface area contributed by atoms with Gasteiger partial charge in [-0.3, -0.25) is 0 Å². The Kier molecular flexibility index (Phi) is 4.19. The molecule has 3 aliphatic rings. The van der Waals surface area contributed by atoms with E-state index in [1.54, 1.807) is 0 Å². The predicted octanol–water partition coefficient (Wildman–Crippen LogP) is 4.39. The zero-order valence-electron chi connectivity index (χ0n) is 14.6. The van der Waals surface area contributed by atoms with E-state index in [2.05, 4.69) is 54.4 Å². The van der Waals surface area contributed by atoms with Gasteiger partial charge in [-0.1, -0.05) is 24.3 Å². The first-order valence-electron chi connectivity index (χ1n) is 9.42. The molecular formula is C21H30N2. The van der Waals surface area contributed by atoms with Crippen molar-refractivity contribution in [1.29, 1.82) is 0 Å². The lowest BCUT2D eigenvalue weighted by Gasteiger charge is -2.35. The quantitative estimate of drug-likeness (QED) is 0.830. The van der Waals surface area contributed by atoms with Gasteiger partial charge in [-0.05, 0) is 74.5 Å². The summed E-state index contributed by atoms with van der Waals surface area (Å²) < 4.78 is 0. The highest BCUT2D eigenvalue weighted by molar-refractivity contribution is 5.53. The van der Waals surface area contributed by atoms with Crippen LogP contribution >= 0.6 is 0 Å². The van der Waals surface area contributed by atoms with Crippen LogP contribution in [0, 0.1) is 31.6 Å². The SMILES string of the molecule is Cc1ccc(C)c(NC2CCN(CC3CC4C=CC3C4)CC2)c1. The first-order valence-corrected chi connectivity index (χ1v) is 9.42. The Labute approximate surface area is 141 Å². The summed E-state index contributed by atoms with van der Waals surface area (Å²) in [5, 5.41) is 3.79. The Morgan fingerprint density at radius 1 is 1.09 bits per heavy atom. The molecule has 1 aromatic rings. The average Bonchev–Trinajstić information content (AvgIpc) is 3.16. The van der Waals surface area contributed by atoms with Crippen molar-refractivity contribution in [2.75, 3.05) is 25.0 Å². The third-order valence-electron chi connectivity index (χ3n) is 6.25. The molecule has 1 heterocycles. The van der Waals surface area contributed by atoms with Crippen molar-refractivity contribution < 1.29 is 0 Å². The molecule has 3 atom stereocenters. The third kappa shape index (κ3) is 3.33. The number of hydrogen-bond donors (Lipinski definition) is 1. The van der Waals surface area contributed by atoms with E-state index in [9.17, 15) is 0 Å². The molecule has 0 amide bonds. The topological polar surface area (TPSA) is 15.3 Å². The number of piperidine rings is 1. The molecule has 124 valence electrons. The first-order chi connectivity index (χ1) is 11.2. The van der Waals surface area contributed by atoms with Crippen LogP contribution in [0.2, 0.25) is 0 Å². The average molecular weight is 310 g/mol. The minimum Gasteiger partial charge on any atom is -0.382 e. The van der Waals surface area contributed by atoms with Crippen LogP contribution in [0.1, 0.15) is 36.8 Å². The summed E-state index contributed by atoms with van der Waals surface area (Å²) in [7, 11) is 0. The van der Waals surface area contributed by atoms with Crippen LogP contribution in [0.3, 0.4) is 0 Å². The number of hydrogen-bond acceptors (Lipinski definition) is 2. The standard InChI is InChI=1S/C21H30N2/c1-15-3-4-16(2)21(11-15)22-20-7-9-23(10-8-20)14-19-13-17-5-6-18(19)12-17/h3-6,11,17-20,22H,7-10,12-14H2,1-2H3. The van der Waals surface area contributed by atoms with Gasteiger partial charge < -0.3 is 10.2 Å². The highest BCUT2D eigenvalue weighted by atomic mass is 15.1. The molecule has 23 heavy (non-hydrogen) atoms. The second-order valence-electron chi connectivity index (χ2n) is 8.08. The van der Waals surface area contributed by atoms with Crippen molar-refractivity contribution in [2.45, 2.75) is 45.6 Å². The van der Waals surface area contributed by atoms with Crippen LogP contribution in [0.25, 0.3) is 0 Å². The fourth-order valence-corrected chi connectivity index (χ4v) is 4.81. The molecule has 1 saturated heterocycles. The summed E-state index contributed by atoms with van der Waals surface area (Å²) in [6.07, 6.45) is 10.4. The number of aryl methyl sites for hydroxylation is 2. The lowest BCUT2D eigenvalue weighted by Crippen LogP contribution is -2.41. The maximum Gasteiger partial charge on any atom is 0.0374 e. The normalized spacial score (nSPS) is 31.0. The van der Waals surface area contributed by atoms with E-state index in [4.69, 9.17) is 0 Å². The van der Waals surface area contributed by atoms with Crippen molar-refractivity contribution in [3.05, 3.63) is 41.5 Å². The minimum absolute atomic E-state index is 0.645. The Morgan fingerprint density at radius 2 is 1.91 bits per heavy atom. The Hall–Kier alpha value is -1.28. The molecule has 2 nitrogen and oxygen atoms in total. The highest BCUT2D eigenvalue weighted by Gasteiger charge is 2.36. The monoisotopic (exact) mass is 310 g/mol. The number of likely N-dealkylation sites (tertiary alicyclic amines) is 1. The van der Waals surface area contributed by atoms with Gasteiger partial charge in [-0.15, -0.1) is 0 Å². The van der Waals surface area contributed by atoms with Gasteiger partial charge in [0.2, 0.25) is 0 Å². The van der Waals surface area contributed by atoms with Crippen LogP contribution in [0.5, 0.6) is 0 Å². The number of benzene rings is 1. The summed E-state index contributed by atoms with van der Waals surface area (Å²) in [6, 6.07) is 7.37. The molecule has 0 spiro atoms. The second-order valence-corrected chi connectivity index (χ2v) is 8.08. The maximum atomic E-state index is 3.79. The van der Waals surface area contributed by atoms with Crippen LogP contribution in [-0.2, 0) is 0 Å². The molecule has 2 heteroatoms. The summed E-state index contributed by atoms with van der Waals surface area (Å²) in [6.45, 7) is 8.25. The Bertz CT molecular complexity index is 584. The van der Waals surface area contributed by atoms with Gasteiger partial charge in [0.15, 0.2) is 0 Å². The van der Waals surface area contributed by atoms with Gasteiger partial charge in [0.05, 0.1) is 0 Å². The molecule has 1 aromatic carbocycles. The minimum atomic E-state index is 0.645.